The van der Waals surface area contributed by atoms with E-state index in [1.54, 1.807) is 52.8 Å². The quantitative estimate of drug-likeness (QED) is 0.208. The number of ether oxygens (including phenoxy) is 6. The Hall–Kier alpha value is -4.88. The van der Waals surface area contributed by atoms with E-state index < -0.39 is 107 Å². The molecule has 3 rings (SSSR count). The van der Waals surface area contributed by atoms with E-state index in [0.29, 0.717) is 0 Å². The summed E-state index contributed by atoms with van der Waals surface area (Å²) in [7, 11) is 0. The first-order valence-corrected chi connectivity index (χ1v) is 17.0. The number of carbonyl (C=O) groups is 7. The third kappa shape index (κ3) is 9.31. The van der Waals surface area contributed by atoms with Gasteiger partial charge in [0.1, 0.15) is 18.3 Å². The zero-order chi connectivity index (χ0) is 39.3. The molecule has 0 radical (unpaired) electrons. The second-order valence-corrected chi connectivity index (χ2v) is 14.5. The average Bonchev–Trinajstić information content (AvgIpc) is 3.26. The zero-order valence-corrected chi connectivity index (χ0v) is 31.4. The molecule has 0 saturated heterocycles. The van der Waals surface area contributed by atoms with Crippen molar-refractivity contribution in [1.82, 2.24) is 4.98 Å². The molecule has 1 aromatic heterocycles. The van der Waals surface area contributed by atoms with E-state index in [1.165, 1.54) is 25.4 Å². The van der Waals surface area contributed by atoms with E-state index in [-0.39, 0.29) is 17.6 Å². The molecule has 284 valence electrons. The standard InChI is InChI=1S/C38H49NO13/c1-20(2)34(45)49-28-17-29(50-35(46)27-13-12-16-39-18-27)36(9,10)15-14-21(3)32(44)38(52-26(8)43)19-37(11,51-25(7)42)33(48-24(6)41)30(38)31(22(28)4)47-23(5)40/h12-16,18,20-21,28-31,33H,4,17,19H2,1-3,5-11H3. The zero-order valence-electron chi connectivity index (χ0n) is 31.4. The molecule has 2 aliphatic rings. The van der Waals surface area contributed by atoms with E-state index in [2.05, 4.69) is 11.6 Å². The number of pyridine rings is 1. The number of fused-ring (bicyclic) bond motifs is 1. The minimum absolute atomic E-state index is 0.113. The fourth-order valence-corrected chi connectivity index (χ4v) is 6.87. The monoisotopic (exact) mass is 727 g/mol. The Bertz CT molecular complexity index is 1620. The predicted molar refractivity (Wildman–Crippen MR) is 183 cm³/mol. The first-order valence-electron chi connectivity index (χ1n) is 17.0. The Kier molecular flexibility index (Phi) is 12.9. The summed E-state index contributed by atoms with van der Waals surface area (Å²) in [6.07, 6.45) is -0.395. The fraction of sp³-hybridized carbons (Fsp3) is 0.579. The van der Waals surface area contributed by atoms with Crippen LogP contribution in [0.25, 0.3) is 0 Å². The van der Waals surface area contributed by atoms with Crippen LogP contribution in [0, 0.1) is 23.2 Å². The molecular weight excluding hydrogens is 678 g/mol. The van der Waals surface area contributed by atoms with Gasteiger partial charge >= 0.3 is 35.8 Å². The molecule has 0 N–H and O–H groups in total. The fourth-order valence-electron chi connectivity index (χ4n) is 6.87. The Balaban J connectivity index is 2.44. The highest BCUT2D eigenvalue weighted by molar-refractivity contribution is 5.94. The topological polar surface area (TPSA) is 188 Å². The van der Waals surface area contributed by atoms with Crippen molar-refractivity contribution < 1.29 is 62.0 Å². The Morgan fingerprint density at radius 1 is 0.885 bits per heavy atom. The third-order valence-corrected chi connectivity index (χ3v) is 9.25. The molecule has 2 aliphatic carbocycles. The van der Waals surface area contributed by atoms with Crippen molar-refractivity contribution in [2.75, 3.05) is 0 Å². The van der Waals surface area contributed by atoms with Crippen LogP contribution in [0.2, 0.25) is 0 Å². The van der Waals surface area contributed by atoms with E-state index in [0.717, 1.165) is 27.7 Å². The van der Waals surface area contributed by atoms with Gasteiger partial charge in [-0.2, -0.15) is 0 Å². The molecule has 0 bridgehead atoms. The van der Waals surface area contributed by atoms with Crippen LogP contribution in [0.4, 0.5) is 0 Å². The molecule has 1 fully saturated rings. The molecule has 0 aliphatic heterocycles. The van der Waals surface area contributed by atoms with Gasteiger partial charge in [0.25, 0.3) is 0 Å². The predicted octanol–water partition coefficient (Wildman–Crippen LogP) is 4.43. The second kappa shape index (κ2) is 16.2. The van der Waals surface area contributed by atoms with Crippen molar-refractivity contribution in [3.63, 3.8) is 0 Å². The number of hydrogen-bond acceptors (Lipinski definition) is 14. The minimum Gasteiger partial charge on any atom is -0.458 e. The number of Topliss-reactive ketones (excluding diaryl/α,β-unsaturated/α-hetero) is 1. The SMILES string of the molecule is C=C1C(OC(=O)C(C)C)CC(OC(=O)c2cccnc2)C(C)(C)C=CC(C)C(=O)C2(OC(C)=O)CC(C)(OC(C)=O)C(OC(C)=O)C2C1OC(C)=O. The molecule has 14 nitrogen and oxygen atoms in total. The first-order chi connectivity index (χ1) is 24.0. The summed E-state index contributed by atoms with van der Waals surface area (Å²) in [6.45, 7) is 18.2. The molecule has 8 unspecified atom stereocenters. The summed E-state index contributed by atoms with van der Waals surface area (Å²) in [5.74, 6) is -8.85. The molecule has 1 heterocycles. The minimum atomic E-state index is -2.26. The highest BCUT2D eigenvalue weighted by atomic mass is 16.6. The third-order valence-electron chi connectivity index (χ3n) is 9.25. The highest BCUT2D eigenvalue weighted by Crippen LogP contribution is 2.54. The van der Waals surface area contributed by atoms with Crippen LogP contribution in [-0.4, -0.2) is 82.2 Å². The second-order valence-electron chi connectivity index (χ2n) is 14.5. The first kappa shape index (κ1) is 41.5. The van der Waals surface area contributed by atoms with Crippen molar-refractivity contribution in [2.24, 2.45) is 23.2 Å². The Labute approximate surface area is 303 Å². The van der Waals surface area contributed by atoms with Gasteiger partial charge in [-0.1, -0.05) is 53.3 Å². The molecule has 0 aromatic carbocycles. The van der Waals surface area contributed by atoms with Crippen LogP contribution in [0.15, 0.2) is 48.8 Å². The highest BCUT2D eigenvalue weighted by Gasteiger charge is 2.71. The summed E-state index contributed by atoms with van der Waals surface area (Å²) in [6, 6.07) is 3.08. The van der Waals surface area contributed by atoms with E-state index in [1.807, 2.05) is 0 Å². The van der Waals surface area contributed by atoms with Crippen LogP contribution < -0.4 is 0 Å². The molecule has 1 aromatic rings. The number of aromatic nitrogens is 1. The van der Waals surface area contributed by atoms with E-state index in [9.17, 15) is 33.6 Å². The summed E-state index contributed by atoms with van der Waals surface area (Å²) >= 11 is 0. The maximum atomic E-state index is 14.9. The molecule has 1 saturated carbocycles. The van der Waals surface area contributed by atoms with Gasteiger partial charge in [0.05, 0.1) is 17.4 Å². The molecule has 8 atom stereocenters. The lowest BCUT2D eigenvalue weighted by molar-refractivity contribution is -0.190. The van der Waals surface area contributed by atoms with Gasteiger partial charge in [-0.05, 0) is 19.1 Å². The normalized spacial score (nSPS) is 30.1. The van der Waals surface area contributed by atoms with Crippen LogP contribution in [0.5, 0.6) is 0 Å². The van der Waals surface area contributed by atoms with Crippen LogP contribution in [0.1, 0.15) is 92.4 Å². The van der Waals surface area contributed by atoms with Crippen molar-refractivity contribution in [2.45, 2.75) is 118 Å². The number of ketones is 1. The van der Waals surface area contributed by atoms with Gasteiger partial charge < -0.3 is 28.4 Å². The van der Waals surface area contributed by atoms with Crippen molar-refractivity contribution >= 4 is 41.6 Å². The van der Waals surface area contributed by atoms with Crippen molar-refractivity contribution in [3.8, 4) is 0 Å². The number of rotatable bonds is 8. The van der Waals surface area contributed by atoms with Crippen LogP contribution in [-0.2, 0) is 57.2 Å². The lowest BCUT2D eigenvalue weighted by Crippen LogP contribution is -2.57. The Morgan fingerprint density at radius 2 is 1.50 bits per heavy atom. The summed E-state index contributed by atoms with van der Waals surface area (Å²) < 4.78 is 35.4. The smallest absolute Gasteiger partial charge is 0.340 e. The van der Waals surface area contributed by atoms with Gasteiger partial charge in [-0.25, -0.2) is 4.79 Å². The van der Waals surface area contributed by atoms with E-state index in [4.69, 9.17) is 28.4 Å². The molecule has 0 amide bonds. The maximum Gasteiger partial charge on any atom is 0.340 e. The van der Waals surface area contributed by atoms with Gasteiger partial charge in [-0.3, -0.25) is 33.8 Å². The molecule has 52 heavy (non-hydrogen) atoms. The van der Waals surface area contributed by atoms with Crippen LogP contribution in [0.3, 0.4) is 0 Å². The van der Waals surface area contributed by atoms with Gasteiger partial charge in [0, 0.05) is 69.8 Å². The van der Waals surface area contributed by atoms with Gasteiger partial charge in [-0.15, -0.1) is 0 Å². The number of hydrogen-bond donors (Lipinski definition) is 0. The van der Waals surface area contributed by atoms with Gasteiger partial charge in [0.15, 0.2) is 23.1 Å². The summed E-state index contributed by atoms with van der Waals surface area (Å²) in [4.78, 5) is 96.7. The van der Waals surface area contributed by atoms with Crippen molar-refractivity contribution in [3.05, 3.63) is 54.4 Å². The molecular formula is C38H49NO13. The van der Waals surface area contributed by atoms with Gasteiger partial charge in [0.2, 0.25) is 0 Å². The average molecular weight is 728 g/mol. The van der Waals surface area contributed by atoms with Crippen molar-refractivity contribution in [1.29, 1.82) is 0 Å². The van der Waals surface area contributed by atoms with Crippen LogP contribution >= 0.6 is 0 Å². The maximum absolute atomic E-state index is 14.9. The summed E-state index contributed by atoms with van der Waals surface area (Å²) in [5.41, 5.74) is -5.10. The number of nitrogens with zero attached hydrogens (tertiary/aromatic N) is 1. The lowest BCUT2D eigenvalue weighted by atomic mass is 9.72. The number of allylic oxidation sites excluding steroid dienone is 1. The Morgan fingerprint density at radius 3 is 2.02 bits per heavy atom. The lowest BCUT2D eigenvalue weighted by Gasteiger charge is -2.42. The largest absolute Gasteiger partial charge is 0.458 e. The number of esters is 6. The van der Waals surface area contributed by atoms with E-state index >= 15 is 0 Å². The summed E-state index contributed by atoms with van der Waals surface area (Å²) in [5, 5.41) is 0. The molecule has 0 spiro atoms. The number of carbonyl (C=O) groups excluding carboxylic acids is 7. The molecule has 14 heteroatoms.